The van der Waals surface area contributed by atoms with Crippen molar-refractivity contribution < 1.29 is 9.53 Å². The molecule has 0 saturated carbocycles. The van der Waals surface area contributed by atoms with Crippen molar-refractivity contribution in [2.24, 2.45) is 0 Å². The van der Waals surface area contributed by atoms with E-state index in [4.69, 9.17) is 16.3 Å². The summed E-state index contributed by atoms with van der Waals surface area (Å²) in [7, 11) is 0. The molecule has 0 spiro atoms. The lowest BCUT2D eigenvalue weighted by Crippen LogP contribution is -2.30. The van der Waals surface area contributed by atoms with E-state index in [2.05, 4.69) is 40.6 Å². The van der Waals surface area contributed by atoms with Crippen LogP contribution in [0.1, 0.15) is 18.1 Å². The van der Waals surface area contributed by atoms with Gasteiger partial charge in [-0.3, -0.25) is 10.1 Å². The molecule has 3 rings (SSSR count). The molecular formula is C19H18ClN3O2S2. The third-order valence-corrected chi connectivity index (χ3v) is 5.95. The van der Waals surface area contributed by atoms with Crippen molar-refractivity contribution >= 4 is 45.7 Å². The molecule has 0 aliphatic rings. The topological polar surface area (TPSA) is 64.1 Å². The van der Waals surface area contributed by atoms with Crippen LogP contribution in [0.4, 0.5) is 5.13 Å². The van der Waals surface area contributed by atoms with E-state index in [1.165, 1.54) is 22.5 Å². The maximum Gasteiger partial charge on any atom is 0.266 e. The Morgan fingerprint density at radius 3 is 2.85 bits per heavy atom. The molecule has 5 nitrogen and oxygen atoms in total. The van der Waals surface area contributed by atoms with E-state index in [9.17, 15) is 4.79 Å². The summed E-state index contributed by atoms with van der Waals surface area (Å²) in [5, 5.41) is 11.8. The fraction of sp³-hybridized carbons (Fsp3) is 0.211. The van der Waals surface area contributed by atoms with Crippen LogP contribution < -0.4 is 10.1 Å². The number of anilines is 1. The molecule has 1 N–H and O–H groups in total. The summed E-state index contributed by atoms with van der Waals surface area (Å²) in [6, 6.07) is 15.4. The van der Waals surface area contributed by atoms with Gasteiger partial charge in [-0.2, -0.15) is 0 Å². The zero-order chi connectivity index (χ0) is 19.2. The number of carbonyl (C=O) groups is 1. The van der Waals surface area contributed by atoms with Gasteiger partial charge in [0.2, 0.25) is 5.13 Å². The zero-order valence-electron chi connectivity index (χ0n) is 14.8. The third kappa shape index (κ3) is 5.69. The van der Waals surface area contributed by atoms with Crippen LogP contribution in [-0.2, 0) is 10.5 Å². The van der Waals surface area contributed by atoms with Crippen molar-refractivity contribution in [3.63, 3.8) is 0 Å². The normalized spacial score (nSPS) is 11.8. The Bertz CT molecular complexity index is 933. The highest BCUT2D eigenvalue weighted by Gasteiger charge is 2.18. The van der Waals surface area contributed by atoms with Crippen LogP contribution in [0.3, 0.4) is 0 Å². The van der Waals surface area contributed by atoms with Crippen LogP contribution in [-0.4, -0.2) is 22.2 Å². The minimum absolute atomic E-state index is 0.304. The number of rotatable bonds is 7. The number of amides is 1. The summed E-state index contributed by atoms with van der Waals surface area (Å²) in [5.41, 5.74) is 2.45. The van der Waals surface area contributed by atoms with E-state index in [0.717, 1.165) is 10.1 Å². The molecule has 0 aliphatic heterocycles. The number of aryl methyl sites for hydroxylation is 1. The van der Waals surface area contributed by atoms with Gasteiger partial charge >= 0.3 is 0 Å². The fourth-order valence-corrected chi connectivity index (χ4v) is 4.14. The lowest BCUT2D eigenvalue weighted by molar-refractivity contribution is -0.122. The van der Waals surface area contributed by atoms with Gasteiger partial charge in [0.1, 0.15) is 5.75 Å². The smallest absolute Gasteiger partial charge is 0.266 e. The molecular weight excluding hydrogens is 402 g/mol. The van der Waals surface area contributed by atoms with Gasteiger partial charge in [-0.05, 0) is 31.5 Å². The van der Waals surface area contributed by atoms with Gasteiger partial charge in [0.25, 0.3) is 5.91 Å². The van der Waals surface area contributed by atoms with E-state index >= 15 is 0 Å². The molecule has 0 saturated heterocycles. The molecule has 1 unspecified atom stereocenters. The van der Waals surface area contributed by atoms with Gasteiger partial charge in [0.05, 0.1) is 5.02 Å². The number of nitrogens with zero attached hydrogens (tertiary/aromatic N) is 2. The van der Waals surface area contributed by atoms with Crippen molar-refractivity contribution in [2.45, 2.75) is 30.0 Å². The SMILES string of the molecule is Cc1cccc(CSc2nnc(NC(=O)C(C)Oc3ccccc3Cl)s2)c1. The van der Waals surface area contributed by atoms with E-state index in [1.807, 2.05) is 6.07 Å². The summed E-state index contributed by atoms with van der Waals surface area (Å²) in [5.74, 6) is 0.964. The fourth-order valence-electron chi connectivity index (χ4n) is 2.26. The minimum Gasteiger partial charge on any atom is -0.479 e. The number of aromatic nitrogens is 2. The molecule has 2 aromatic carbocycles. The van der Waals surface area contributed by atoms with Crippen LogP contribution in [0.15, 0.2) is 52.9 Å². The Hall–Kier alpha value is -2.09. The highest BCUT2D eigenvalue weighted by atomic mass is 35.5. The average molecular weight is 420 g/mol. The van der Waals surface area contributed by atoms with Crippen molar-refractivity contribution in [2.75, 3.05) is 5.32 Å². The number of nitrogens with one attached hydrogen (secondary N) is 1. The molecule has 1 atom stereocenters. The zero-order valence-corrected chi connectivity index (χ0v) is 17.2. The number of halogens is 1. The first-order valence-corrected chi connectivity index (χ1v) is 10.4. The first-order valence-electron chi connectivity index (χ1n) is 8.25. The molecule has 3 aromatic rings. The number of benzene rings is 2. The first kappa shape index (κ1) is 19.7. The van der Waals surface area contributed by atoms with Gasteiger partial charge in [0, 0.05) is 5.75 Å². The molecule has 27 heavy (non-hydrogen) atoms. The summed E-state index contributed by atoms with van der Waals surface area (Å²) in [4.78, 5) is 12.3. The maximum absolute atomic E-state index is 12.3. The third-order valence-electron chi connectivity index (χ3n) is 3.59. The van der Waals surface area contributed by atoms with E-state index in [-0.39, 0.29) is 5.91 Å². The first-order chi connectivity index (χ1) is 13.0. The highest BCUT2D eigenvalue weighted by molar-refractivity contribution is 8.00. The van der Waals surface area contributed by atoms with Crippen LogP contribution in [0, 0.1) is 6.92 Å². The lowest BCUT2D eigenvalue weighted by atomic mass is 10.2. The predicted molar refractivity (Wildman–Crippen MR) is 111 cm³/mol. The number of ether oxygens (including phenoxy) is 1. The number of hydrogen-bond donors (Lipinski definition) is 1. The summed E-state index contributed by atoms with van der Waals surface area (Å²) < 4.78 is 6.41. The van der Waals surface area contributed by atoms with E-state index in [0.29, 0.717) is 15.9 Å². The van der Waals surface area contributed by atoms with Crippen LogP contribution in [0.25, 0.3) is 0 Å². The summed E-state index contributed by atoms with van der Waals surface area (Å²) >= 11 is 8.98. The Morgan fingerprint density at radius 1 is 1.26 bits per heavy atom. The Labute approximate surface area is 171 Å². The molecule has 0 aliphatic carbocycles. The quantitative estimate of drug-likeness (QED) is 0.421. The number of hydrogen-bond acceptors (Lipinski definition) is 6. The Kier molecular flexibility index (Phi) is 6.71. The molecule has 1 aromatic heterocycles. The van der Waals surface area contributed by atoms with Crippen molar-refractivity contribution in [3.8, 4) is 5.75 Å². The van der Waals surface area contributed by atoms with Gasteiger partial charge < -0.3 is 4.74 Å². The predicted octanol–water partition coefficient (Wildman–Crippen LogP) is 5.20. The Balaban J connectivity index is 1.53. The highest BCUT2D eigenvalue weighted by Crippen LogP contribution is 2.29. The summed E-state index contributed by atoms with van der Waals surface area (Å²) in [6.45, 7) is 3.73. The maximum atomic E-state index is 12.3. The average Bonchev–Trinajstić information content (AvgIpc) is 3.09. The van der Waals surface area contributed by atoms with Gasteiger partial charge in [-0.1, -0.05) is 76.7 Å². The molecule has 0 radical (unpaired) electrons. The standard InChI is InChI=1S/C19H18ClN3O2S2/c1-12-6-5-7-14(10-12)11-26-19-23-22-18(27-19)21-17(24)13(2)25-16-9-4-3-8-15(16)20/h3-10,13H,11H2,1-2H3,(H,21,22,24). The molecule has 1 heterocycles. The second kappa shape index (κ2) is 9.21. The monoisotopic (exact) mass is 419 g/mol. The molecule has 1 amide bonds. The van der Waals surface area contributed by atoms with Gasteiger partial charge in [-0.25, -0.2) is 0 Å². The Morgan fingerprint density at radius 2 is 2.07 bits per heavy atom. The van der Waals surface area contributed by atoms with E-state index in [1.54, 1.807) is 43.0 Å². The second-order valence-corrected chi connectivity index (χ2v) is 8.44. The van der Waals surface area contributed by atoms with Crippen LogP contribution in [0.2, 0.25) is 5.02 Å². The summed E-state index contributed by atoms with van der Waals surface area (Å²) in [6.07, 6.45) is -0.711. The number of carbonyl (C=O) groups excluding carboxylic acids is 1. The van der Waals surface area contributed by atoms with Gasteiger partial charge in [-0.15, -0.1) is 10.2 Å². The number of thioether (sulfide) groups is 1. The van der Waals surface area contributed by atoms with Crippen molar-refractivity contribution in [1.29, 1.82) is 0 Å². The molecule has 0 bridgehead atoms. The molecule has 8 heteroatoms. The second-order valence-electron chi connectivity index (χ2n) is 5.83. The molecule has 140 valence electrons. The lowest BCUT2D eigenvalue weighted by Gasteiger charge is -2.14. The van der Waals surface area contributed by atoms with Crippen molar-refractivity contribution in [3.05, 3.63) is 64.7 Å². The number of para-hydroxylation sites is 1. The van der Waals surface area contributed by atoms with Crippen LogP contribution in [0.5, 0.6) is 5.75 Å². The van der Waals surface area contributed by atoms with Crippen molar-refractivity contribution in [1.82, 2.24) is 10.2 Å². The largest absolute Gasteiger partial charge is 0.479 e. The van der Waals surface area contributed by atoms with Gasteiger partial charge in [0.15, 0.2) is 10.4 Å². The van der Waals surface area contributed by atoms with E-state index < -0.39 is 6.10 Å². The van der Waals surface area contributed by atoms with Crippen LogP contribution >= 0.6 is 34.7 Å². The molecule has 0 fully saturated rings. The minimum atomic E-state index is -0.711.